The molecule has 1 aliphatic carbocycles. The van der Waals surface area contributed by atoms with Gasteiger partial charge in [-0.05, 0) is 44.7 Å². The van der Waals surface area contributed by atoms with Crippen molar-refractivity contribution in [1.29, 1.82) is 0 Å². The molecular weight excluding hydrogens is 438 g/mol. The van der Waals surface area contributed by atoms with Crippen molar-refractivity contribution in [3.8, 4) is 16.3 Å². The molecule has 0 N–H and O–H groups in total. The molecule has 32 heavy (non-hydrogen) atoms. The normalized spacial score (nSPS) is 14.2. The number of aryl methyl sites for hydroxylation is 1. The summed E-state index contributed by atoms with van der Waals surface area (Å²) in [5.41, 5.74) is 3.67. The smallest absolute Gasteiger partial charge is 0.235 e. The van der Waals surface area contributed by atoms with Gasteiger partial charge in [0.25, 0.3) is 0 Å². The molecule has 6 nitrogen and oxygen atoms in total. The van der Waals surface area contributed by atoms with Crippen molar-refractivity contribution in [3.63, 3.8) is 0 Å². The minimum Gasteiger partial charge on any atom is -0.285 e. The van der Waals surface area contributed by atoms with Crippen molar-refractivity contribution in [2.24, 2.45) is 10.2 Å². The molecule has 2 aromatic carbocycles. The molecule has 1 fully saturated rings. The number of para-hydroxylation sites is 1. The summed E-state index contributed by atoms with van der Waals surface area (Å²) in [5.74, 6) is -0.133. The van der Waals surface area contributed by atoms with E-state index in [0.717, 1.165) is 47.7 Å². The number of nitrogens with zero attached hydrogens (tertiary/aromatic N) is 5. The highest BCUT2D eigenvalue weighted by Crippen LogP contribution is 2.29. The average Bonchev–Trinajstić information content (AvgIpc) is 3.58. The molecular formula is C24H21N5OS2. The molecule has 0 amide bonds. The van der Waals surface area contributed by atoms with E-state index in [4.69, 9.17) is 0 Å². The highest BCUT2D eigenvalue weighted by Gasteiger charge is 2.22. The molecule has 2 heterocycles. The van der Waals surface area contributed by atoms with Crippen LogP contribution in [0.25, 0.3) is 16.3 Å². The maximum atomic E-state index is 13.4. The number of rotatable bonds is 5. The quantitative estimate of drug-likeness (QED) is 0.295. The number of hydrogen-bond acceptors (Lipinski definition) is 7. The minimum absolute atomic E-state index is 0.133. The lowest BCUT2D eigenvalue weighted by atomic mass is 10.2. The summed E-state index contributed by atoms with van der Waals surface area (Å²) in [7, 11) is 0. The number of hydrogen-bond donors (Lipinski definition) is 0. The molecule has 4 aromatic rings. The Morgan fingerprint density at radius 2 is 1.62 bits per heavy atom. The molecule has 2 aromatic heterocycles. The van der Waals surface area contributed by atoms with Crippen LogP contribution in [0.1, 0.15) is 46.1 Å². The molecule has 0 atom stereocenters. The van der Waals surface area contributed by atoms with Crippen molar-refractivity contribution in [2.45, 2.75) is 32.6 Å². The monoisotopic (exact) mass is 459 g/mol. The average molecular weight is 460 g/mol. The first-order valence-corrected chi connectivity index (χ1v) is 12.1. The van der Waals surface area contributed by atoms with Gasteiger partial charge in [-0.2, -0.15) is 10.2 Å². The van der Waals surface area contributed by atoms with Crippen LogP contribution in [-0.4, -0.2) is 26.3 Å². The minimum atomic E-state index is -0.133. The van der Waals surface area contributed by atoms with E-state index in [9.17, 15) is 4.79 Å². The van der Waals surface area contributed by atoms with Gasteiger partial charge in [-0.3, -0.25) is 4.79 Å². The Morgan fingerprint density at radius 1 is 0.938 bits per heavy atom. The zero-order valence-corrected chi connectivity index (χ0v) is 19.2. The number of thiazole rings is 1. The summed E-state index contributed by atoms with van der Waals surface area (Å²) in [6, 6.07) is 19.6. The fourth-order valence-corrected chi connectivity index (χ4v) is 5.46. The van der Waals surface area contributed by atoms with E-state index in [-0.39, 0.29) is 5.78 Å². The first-order valence-electron chi connectivity index (χ1n) is 10.5. The lowest BCUT2D eigenvalue weighted by Gasteiger charge is -1.99. The summed E-state index contributed by atoms with van der Waals surface area (Å²) >= 11 is 2.66. The van der Waals surface area contributed by atoms with Crippen molar-refractivity contribution >= 4 is 34.2 Å². The lowest BCUT2D eigenvalue weighted by molar-refractivity contribution is 0.104. The maximum Gasteiger partial charge on any atom is 0.235 e. The highest BCUT2D eigenvalue weighted by atomic mass is 32.1. The van der Waals surface area contributed by atoms with Gasteiger partial charge in [-0.25, -0.2) is 9.67 Å². The molecule has 1 saturated carbocycles. The van der Waals surface area contributed by atoms with Gasteiger partial charge >= 0.3 is 0 Å². The van der Waals surface area contributed by atoms with Crippen molar-refractivity contribution in [1.82, 2.24) is 14.8 Å². The van der Waals surface area contributed by atoms with Crippen LogP contribution < -0.4 is 4.80 Å². The van der Waals surface area contributed by atoms with Gasteiger partial charge in [0.05, 0.1) is 11.4 Å². The summed E-state index contributed by atoms with van der Waals surface area (Å²) < 4.78 is 1.70. The number of ketones is 1. The predicted octanol–water partition coefficient (Wildman–Crippen LogP) is 5.43. The summed E-state index contributed by atoms with van der Waals surface area (Å²) in [5, 5.41) is 14.8. The van der Waals surface area contributed by atoms with Gasteiger partial charge in [0.2, 0.25) is 10.6 Å². The Labute approximate surface area is 193 Å². The fraction of sp³-hybridized carbons (Fsp3) is 0.208. The van der Waals surface area contributed by atoms with Crippen LogP contribution in [0, 0.1) is 6.92 Å². The van der Waals surface area contributed by atoms with Crippen molar-refractivity contribution in [3.05, 3.63) is 81.0 Å². The molecule has 160 valence electrons. The summed E-state index contributed by atoms with van der Waals surface area (Å²) in [6.07, 6.45) is 4.30. The van der Waals surface area contributed by atoms with Gasteiger partial charge in [0.15, 0.2) is 5.01 Å². The third kappa shape index (κ3) is 4.24. The van der Waals surface area contributed by atoms with Crippen LogP contribution in [-0.2, 0) is 0 Å². The van der Waals surface area contributed by atoms with Crippen LogP contribution in [0.2, 0.25) is 0 Å². The van der Waals surface area contributed by atoms with E-state index >= 15 is 0 Å². The maximum absolute atomic E-state index is 13.4. The second-order valence-corrected chi connectivity index (χ2v) is 9.49. The molecule has 0 bridgehead atoms. The van der Waals surface area contributed by atoms with E-state index in [1.165, 1.54) is 22.7 Å². The fourth-order valence-electron chi connectivity index (χ4n) is 3.58. The van der Waals surface area contributed by atoms with E-state index in [1.807, 2.05) is 67.6 Å². The van der Waals surface area contributed by atoms with E-state index in [0.29, 0.717) is 20.4 Å². The molecule has 0 spiro atoms. The van der Waals surface area contributed by atoms with Gasteiger partial charge in [-0.15, -0.1) is 16.4 Å². The number of carbonyl (C=O) groups excluding carboxylic acids is 1. The molecule has 8 heteroatoms. The first-order chi connectivity index (χ1) is 15.7. The zero-order chi connectivity index (χ0) is 21.9. The first kappa shape index (κ1) is 20.7. The van der Waals surface area contributed by atoms with Crippen LogP contribution in [0.4, 0.5) is 0 Å². The van der Waals surface area contributed by atoms with E-state index in [1.54, 1.807) is 4.68 Å². The second-order valence-electron chi connectivity index (χ2n) is 7.54. The number of aromatic nitrogens is 3. The zero-order valence-electron chi connectivity index (χ0n) is 17.6. The van der Waals surface area contributed by atoms with Gasteiger partial charge < -0.3 is 0 Å². The Kier molecular flexibility index (Phi) is 5.87. The van der Waals surface area contributed by atoms with Crippen LogP contribution >= 0.6 is 22.7 Å². The number of benzene rings is 2. The highest BCUT2D eigenvalue weighted by molar-refractivity contribution is 7.18. The lowest BCUT2D eigenvalue weighted by Crippen LogP contribution is -2.14. The molecule has 0 unspecified atom stereocenters. The molecule has 0 aliphatic heterocycles. The van der Waals surface area contributed by atoms with E-state index < -0.39 is 0 Å². The van der Waals surface area contributed by atoms with Gasteiger partial charge in [-0.1, -0.05) is 59.9 Å². The Hall–Kier alpha value is -3.23. The Balaban J connectivity index is 1.55. The van der Waals surface area contributed by atoms with Crippen molar-refractivity contribution < 1.29 is 4.79 Å². The Bertz CT molecular complexity index is 1340. The predicted molar refractivity (Wildman–Crippen MR) is 129 cm³/mol. The van der Waals surface area contributed by atoms with Crippen molar-refractivity contribution in [2.75, 3.05) is 0 Å². The molecule has 0 radical (unpaired) electrons. The van der Waals surface area contributed by atoms with Crippen LogP contribution in [0.5, 0.6) is 0 Å². The van der Waals surface area contributed by atoms with Gasteiger partial charge in [0, 0.05) is 11.3 Å². The summed E-state index contributed by atoms with van der Waals surface area (Å²) in [6.45, 7) is 1.87. The molecule has 1 aliphatic rings. The summed E-state index contributed by atoms with van der Waals surface area (Å²) in [4.78, 5) is 19.2. The molecule has 0 saturated heterocycles. The van der Waals surface area contributed by atoms with E-state index in [2.05, 4.69) is 20.3 Å². The van der Waals surface area contributed by atoms with Crippen LogP contribution in [0.15, 0.2) is 70.9 Å². The SMILES string of the molecule is Cc1nc(-c2ccccc2)sc1C(=O)c1nn(-c2ccccc2)/c(=N\N=C2CCCC2)s1. The largest absolute Gasteiger partial charge is 0.285 e. The third-order valence-electron chi connectivity index (χ3n) is 5.24. The third-order valence-corrected chi connectivity index (χ3v) is 7.34. The van der Waals surface area contributed by atoms with Crippen LogP contribution in [0.3, 0.4) is 0 Å². The number of carbonyl (C=O) groups is 1. The standard InChI is InChI=1S/C24H21N5OS2/c1-16-21(31-22(25-16)17-10-4-2-5-11-17)20(30)23-28-29(19-14-6-3-7-15-19)24(32-23)27-26-18-12-8-9-13-18/h2-7,10-11,14-15H,8-9,12-13H2,1H3/b27-24+. The van der Waals surface area contributed by atoms with Gasteiger partial charge in [0.1, 0.15) is 9.88 Å². The Morgan fingerprint density at radius 3 is 2.34 bits per heavy atom. The molecule has 5 rings (SSSR count). The topological polar surface area (TPSA) is 72.5 Å². The second kappa shape index (κ2) is 9.10.